The number of carbonyl (C=O) groups excluding carboxylic acids is 1. The summed E-state index contributed by atoms with van der Waals surface area (Å²) in [6, 6.07) is 7.42. The Labute approximate surface area is 99.9 Å². The normalized spacial score (nSPS) is 24.5. The number of benzene rings is 1. The minimum atomic E-state index is -0.539. The van der Waals surface area contributed by atoms with Crippen LogP contribution in [-0.2, 0) is 9.63 Å². The molecule has 0 spiro atoms. The summed E-state index contributed by atoms with van der Waals surface area (Å²) in [6.07, 6.45) is 0. The first-order valence-electron chi connectivity index (χ1n) is 5.13. The molecule has 0 bridgehead atoms. The molecule has 3 nitrogen and oxygen atoms in total. The molecule has 1 fully saturated rings. The number of carbonyl (C=O) groups is 1. The summed E-state index contributed by atoms with van der Waals surface area (Å²) in [5.41, 5.74) is 0.491. The highest BCUT2D eigenvalue weighted by Crippen LogP contribution is 2.44. The van der Waals surface area contributed by atoms with Crippen molar-refractivity contribution in [3.8, 4) is 0 Å². The average Bonchev–Trinajstić information content (AvgIpc) is 2.39. The standard InChI is InChI=1S/C12H14ClNO2/c1-12(2)10(14(3)16-11(12)15)8-4-6-9(13)7-5-8/h4-7,10H,1-3H3. The van der Waals surface area contributed by atoms with Crippen LogP contribution in [0.5, 0.6) is 0 Å². The van der Waals surface area contributed by atoms with E-state index in [-0.39, 0.29) is 12.0 Å². The first-order valence-corrected chi connectivity index (χ1v) is 5.51. The third-order valence-corrected chi connectivity index (χ3v) is 3.24. The molecule has 1 aromatic rings. The van der Waals surface area contributed by atoms with Crippen LogP contribution in [0.3, 0.4) is 0 Å². The second-order valence-corrected chi connectivity index (χ2v) is 5.04. The summed E-state index contributed by atoms with van der Waals surface area (Å²) < 4.78 is 0. The Morgan fingerprint density at radius 1 is 1.31 bits per heavy atom. The summed E-state index contributed by atoms with van der Waals surface area (Å²) >= 11 is 5.84. The first kappa shape index (κ1) is 11.4. The van der Waals surface area contributed by atoms with Gasteiger partial charge in [-0.05, 0) is 31.5 Å². The van der Waals surface area contributed by atoms with E-state index in [0.29, 0.717) is 5.02 Å². The van der Waals surface area contributed by atoms with Gasteiger partial charge < -0.3 is 4.84 Å². The molecule has 2 rings (SSSR count). The summed E-state index contributed by atoms with van der Waals surface area (Å²) in [7, 11) is 1.77. The number of halogens is 1. The van der Waals surface area contributed by atoms with Crippen molar-refractivity contribution in [2.24, 2.45) is 5.41 Å². The lowest BCUT2D eigenvalue weighted by molar-refractivity contribution is -0.170. The van der Waals surface area contributed by atoms with Crippen LogP contribution in [0.4, 0.5) is 0 Å². The zero-order valence-electron chi connectivity index (χ0n) is 9.53. The van der Waals surface area contributed by atoms with E-state index in [1.54, 1.807) is 12.1 Å². The maximum atomic E-state index is 11.7. The molecular formula is C12H14ClNO2. The largest absolute Gasteiger partial charge is 0.367 e. The average molecular weight is 240 g/mol. The molecule has 0 aromatic heterocycles. The Balaban J connectivity index is 2.40. The van der Waals surface area contributed by atoms with Gasteiger partial charge >= 0.3 is 5.97 Å². The Morgan fingerprint density at radius 3 is 2.31 bits per heavy atom. The van der Waals surface area contributed by atoms with E-state index in [9.17, 15) is 4.79 Å². The number of rotatable bonds is 1. The maximum Gasteiger partial charge on any atom is 0.332 e. The Bertz CT molecular complexity index is 414. The van der Waals surface area contributed by atoms with E-state index >= 15 is 0 Å². The van der Waals surface area contributed by atoms with Crippen LogP contribution in [-0.4, -0.2) is 18.1 Å². The molecule has 1 heterocycles. The van der Waals surface area contributed by atoms with Gasteiger partial charge in [-0.15, -0.1) is 5.06 Å². The molecule has 0 aliphatic carbocycles. The highest BCUT2D eigenvalue weighted by molar-refractivity contribution is 6.30. The number of hydrogen-bond donors (Lipinski definition) is 0. The molecule has 0 amide bonds. The Morgan fingerprint density at radius 2 is 1.88 bits per heavy atom. The van der Waals surface area contributed by atoms with Crippen molar-refractivity contribution < 1.29 is 9.63 Å². The van der Waals surface area contributed by atoms with Crippen LogP contribution in [0.15, 0.2) is 24.3 Å². The van der Waals surface area contributed by atoms with Crippen molar-refractivity contribution in [3.05, 3.63) is 34.9 Å². The van der Waals surface area contributed by atoms with E-state index in [1.807, 2.05) is 38.1 Å². The fourth-order valence-electron chi connectivity index (χ4n) is 2.14. The van der Waals surface area contributed by atoms with Crippen molar-refractivity contribution in [2.75, 3.05) is 7.05 Å². The van der Waals surface area contributed by atoms with E-state index in [2.05, 4.69) is 0 Å². The van der Waals surface area contributed by atoms with Crippen LogP contribution in [0.25, 0.3) is 0 Å². The predicted molar refractivity (Wildman–Crippen MR) is 61.8 cm³/mol. The van der Waals surface area contributed by atoms with Gasteiger partial charge in [0.25, 0.3) is 0 Å². The van der Waals surface area contributed by atoms with Gasteiger partial charge in [0.2, 0.25) is 0 Å². The number of hydrogen-bond acceptors (Lipinski definition) is 3. The van der Waals surface area contributed by atoms with E-state index in [1.165, 1.54) is 0 Å². The second-order valence-electron chi connectivity index (χ2n) is 4.60. The highest BCUT2D eigenvalue weighted by Gasteiger charge is 2.49. The quantitative estimate of drug-likeness (QED) is 0.755. The van der Waals surface area contributed by atoms with Crippen molar-refractivity contribution in [1.29, 1.82) is 0 Å². The molecular weight excluding hydrogens is 226 g/mol. The first-order chi connectivity index (χ1) is 7.43. The molecule has 1 aromatic carbocycles. The van der Waals surface area contributed by atoms with Crippen LogP contribution < -0.4 is 0 Å². The lowest BCUT2D eigenvalue weighted by atomic mass is 9.81. The lowest BCUT2D eigenvalue weighted by Gasteiger charge is -2.25. The number of nitrogens with zero attached hydrogens (tertiary/aromatic N) is 1. The van der Waals surface area contributed by atoms with Crippen molar-refractivity contribution in [1.82, 2.24) is 5.06 Å². The third-order valence-electron chi connectivity index (χ3n) is 2.99. The molecule has 1 saturated heterocycles. The van der Waals surface area contributed by atoms with Crippen LogP contribution in [0.1, 0.15) is 25.5 Å². The van der Waals surface area contributed by atoms with E-state index in [4.69, 9.17) is 16.4 Å². The van der Waals surface area contributed by atoms with E-state index < -0.39 is 5.41 Å². The summed E-state index contributed by atoms with van der Waals surface area (Å²) in [6.45, 7) is 3.77. The molecule has 86 valence electrons. The molecule has 4 heteroatoms. The molecule has 1 aliphatic heterocycles. The van der Waals surface area contributed by atoms with Gasteiger partial charge in [-0.25, -0.2) is 4.79 Å². The number of hydroxylamine groups is 2. The van der Waals surface area contributed by atoms with E-state index in [0.717, 1.165) is 5.56 Å². The van der Waals surface area contributed by atoms with Gasteiger partial charge in [0, 0.05) is 12.1 Å². The summed E-state index contributed by atoms with van der Waals surface area (Å²) in [5, 5.41) is 2.29. The fraction of sp³-hybridized carbons (Fsp3) is 0.417. The second kappa shape index (κ2) is 3.75. The predicted octanol–water partition coefficient (Wildman–Crippen LogP) is 2.81. The monoisotopic (exact) mass is 239 g/mol. The zero-order chi connectivity index (χ0) is 11.9. The fourth-order valence-corrected chi connectivity index (χ4v) is 2.26. The van der Waals surface area contributed by atoms with Gasteiger partial charge in [-0.1, -0.05) is 23.7 Å². The smallest absolute Gasteiger partial charge is 0.332 e. The minimum Gasteiger partial charge on any atom is -0.367 e. The van der Waals surface area contributed by atoms with Gasteiger partial charge in [0.15, 0.2) is 0 Å². The molecule has 16 heavy (non-hydrogen) atoms. The Hall–Kier alpha value is -1.06. The minimum absolute atomic E-state index is 0.0720. The van der Waals surface area contributed by atoms with Crippen LogP contribution in [0, 0.1) is 5.41 Å². The van der Waals surface area contributed by atoms with Crippen molar-refractivity contribution >= 4 is 17.6 Å². The van der Waals surface area contributed by atoms with Crippen molar-refractivity contribution in [3.63, 3.8) is 0 Å². The van der Waals surface area contributed by atoms with Gasteiger partial charge in [0.1, 0.15) is 0 Å². The molecule has 1 aliphatic rings. The lowest BCUT2D eigenvalue weighted by Crippen LogP contribution is -2.27. The highest BCUT2D eigenvalue weighted by atomic mass is 35.5. The third kappa shape index (κ3) is 1.70. The summed E-state index contributed by atoms with van der Waals surface area (Å²) in [5.74, 6) is -0.199. The maximum absolute atomic E-state index is 11.7. The van der Waals surface area contributed by atoms with Crippen molar-refractivity contribution in [2.45, 2.75) is 19.9 Å². The molecule has 0 saturated carbocycles. The molecule has 0 radical (unpaired) electrons. The van der Waals surface area contributed by atoms with Gasteiger partial charge in [-0.2, -0.15) is 0 Å². The molecule has 0 N–H and O–H groups in total. The topological polar surface area (TPSA) is 29.5 Å². The van der Waals surface area contributed by atoms with Crippen LogP contribution >= 0.6 is 11.6 Å². The Kier molecular flexibility index (Phi) is 2.68. The van der Waals surface area contributed by atoms with Gasteiger partial charge in [0.05, 0.1) is 11.5 Å². The SMILES string of the molecule is CN1OC(=O)C(C)(C)C1c1ccc(Cl)cc1. The molecule has 1 atom stereocenters. The zero-order valence-corrected chi connectivity index (χ0v) is 10.3. The summed E-state index contributed by atoms with van der Waals surface area (Å²) in [4.78, 5) is 16.8. The van der Waals surface area contributed by atoms with Gasteiger partial charge in [-0.3, -0.25) is 0 Å². The molecule has 1 unspecified atom stereocenters. The van der Waals surface area contributed by atoms with Crippen LogP contribution in [0.2, 0.25) is 5.02 Å².